The minimum absolute atomic E-state index is 0.179. The third-order valence-electron chi connectivity index (χ3n) is 8.64. The van der Waals surface area contributed by atoms with Crippen LogP contribution in [-0.4, -0.2) is 17.5 Å². The number of nitrogens with zero attached hydrogens (tertiary/aromatic N) is 1. The van der Waals surface area contributed by atoms with E-state index in [4.69, 9.17) is 0 Å². The highest BCUT2D eigenvalue weighted by Crippen LogP contribution is 2.74. The molecule has 4 fully saturated rings. The molecule has 9 atom stereocenters. The molecule has 0 aromatic carbocycles. The number of hydrogen-bond donors (Lipinski definition) is 1. The highest BCUT2D eigenvalue weighted by molar-refractivity contribution is 5.91. The Morgan fingerprint density at radius 1 is 1.25 bits per heavy atom. The van der Waals surface area contributed by atoms with Crippen molar-refractivity contribution >= 4 is 5.78 Å². The minimum atomic E-state index is 0.179. The number of aliphatic hydroxyl groups is 1. The first-order valence-corrected chi connectivity index (χ1v) is 9.83. The SMILES string of the molecule is CC12CC[C@@H]3C4CCC(=O)C=C4C(CO)CC3C1C1CC1C2C#N. The zero-order valence-electron chi connectivity index (χ0n) is 14.4. The Hall–Kier alpha value is -1.14. The lowest BCUT2D eigenvalue weighted by Crippen LogP contribution is -2.50. The lowest BCUT2D eigenvalue weighted by atomic mass is 9.48. The fourth-order valence-electron chi connectivity index (χ4n) is 7.72. The molecular weight excluding hydrogens is 298 g/mol. The summed E-state index contributed by atoms with van der Waals surface area (Å²) in [5.41, 5.74) is 1.47. The molecule has 5 aliphatic carbocycles. The third-order valence-corrected chi connectivity index (χ3v) is 8.64. The van der Waals surface area contributed by atoms with Gasteiger partial charge in [-0.05, 0) is 79.1 Å². The minimum Gasteiger partial charge on any atom is -0.396 e. The van der Waals surface area contributed by atoms with Crippen molar-refractivity contribution in [2.45, 2.75) is 45.4 Å². The fraction of sp³-hybridized carbons (Fsp3) is 0.810. The van der Waals surface area contributed by atoms with Gasteiger partial charge in [0.15, 0.2) is 5.78 Å². The quantitative estimate of drug-likeness (QED) is 0.804. The molecule has 0 radical (unpaired) electrons. The first-order chi connectivity index (χ1) is 11.6. The van der Waals surface area contributed by atoms with Crippen molar-refractivity contribution < 1.29 is 9.90 Å². The number of hydrogen-bond acceptors (Lipinski definition) is 3. The van der Waals surface area contributed by atoms with Crippen LogP contribution in [0.5, 0.6) is 0 Å². The van der Waals surface area contributed by atoms with Gasteiger partial charge in [0.25, 0.3) is 0 Å². The van der Waals surface area contributed by atoms with Crippen LogP contribution in [-0.2, 0) is 4.79 Å². The zero-order valence-corrected chi connectivity index (χ0v) is 14.4. The second kappa shape index (κ2) is 4.94. The molecule has 0 spiro atoms. The van der Waals surface area contributed by atoms with Crippen LogP contribution >= 0.6 is 0 Å². The number of aliphatic hydroxyl groups excluding tert-OH is 1. The van der Waals surface area contributed by atoms with Gasteiger partial charge in [-0.2, -0.15) is 5.26 Å². The molecule has 8 unspecified atom stereocenters. The van der Waals surface area contributed by atoms with Gasteiger partial charge in [-0.3, -0.25) is 4.79 Å². The summed E-state index contributed by atoms with van der Waals surface area (Å²) < 4.78 is 0. The van der Waals surface area contributed by atoms with E-state index in [9.17, 15) is 15.2 Å². The van der Waals surface area contributed by atoms with Crippen molar-refractivity contribution in [1.29, 1.82) is 5.26 Å². The lowest BCUT2D eigenvalue weighted by Gasteiger charge is -2.56. The zero-order chi connectivity index (χ0) is 16.6. The van der Waals surface area contributed by atoms with Gasteiger partial charge in [0.2, 0.25) is 0 Å². The Bertz CT molecular complexity index is 661. The Morgan fingerprint density at radius 2 is 2.04 bits per heavy atom. The van der Waals surface area contributed by atoms with Crippen molar-refractivity contribution in [2.75, 3.05) is 6.61 Å². The normalized spacial score (nSPS) is 54.7. The monoisotopic (exact) mass is 325 g/mol. The Morgan fingerprint density at radius 3 is 2.79 bits per heavy atom. The van der Waals surface area contributed by atoms with E-state index in [1.807, 2.05) is 6.08 Å². The van der Waals surface area contributed by atoms with Crippen LogP contribution in [0.1, 0.15) is 45.4 Å². The van der Waals surface area contributed by atoms with Gasteiger partial charge in [0, 0.05) is 18.9 Å². The van der Waals surface area contributed by atoms with E-state index in [2.05, 4.69) is 13.0 Å². The first kappa shape index (κ1) is 15.1. The van der Waals surface area contributed by atoms with Crippen LogP contribution in [0.3, 0.4) is 0 Å². The first-order valence-electron chi connectivity index (χ1n) is 9.83. The number of rotatable bonds is 1. The number of nitriles is 1. The smallest absolute Gasteiger partial charge is 0.155 e. The summed E-state index contributed by atoms with van der Waals surface area (Å²) in [6, 6.07) is 2.67. The average molecular weight is 325 g/mol. The second-order valence-electron chi connectivity index (χ2n) is 9.44. The topological polar surface area (TPSA) is 61.1 Å². The molecule has 3 nitrogen and oxygen atoms in total. The summed E-state index contributed by atoms with van der Waals surface area (Å²) in [7, 11) is 0. The number of fused-ring (bicyclic) bond motifs is 7. The summed E-state index contributed by atoms with van der Waals surface area (Å²) in [5, 5.41) is 19.7. The molecule has 0 aromatic rings. The fourth-order valence-corrected chi connectivity index (χ4v) is 7.72. The summed E-state index contributed by atoms with van der Waals surface area (Å²) >= 11 is 0. The maximum atomic E-state index is 11.9. The highest BCUT2D eigenvalue weighted by atomic mass is 16.3. The van der Waals surface area contributed by atoms with E-state index < -0.39 is 0 Å². The Labute approximate surface area is 144 Å². The maximum Gasteiger partial charge on any atom is 0.155 e. The molecule has 0 aromatic heterocycles. The molecule has 0 heterocycles. The highest BCUT2D eigenvalue weighted by Gasteiger charge is 2.69. The Kier molecular flexibility index (Phi) is 3.12. The van der Waals surface area contributed by atoms with E-state index in [1.54, 1.807) is 0 Å². The van der Waals surface area contributed by atoms with E-state index in [0.29, 0.717) is 36.0 Å². The van der Waals surface area contributed by atoms with E-state index >= 15 is 0 Å². The van der Waals surface area contributed by atoms with E-state index in [1.165, 1.54) is 24.8 Å². The molecule has 24 heavy (non-hydrogen) atoms. The van der Waals surface area contributed by atoms with E-state index in [-0.39, 0.29) is 29.6 Å². The van der Waals surface area contributed by atoms with Crippen molar-refractivity contribution in [3.8, 4) is 6.07 Å². The largest absolute Gasteiger partial charge is 0.396 e. The van der Waals surface area contributed by atoms with Crippen molar-refractivity contribution in [2.24, 2.45) is 52.8 Å². The van der Waals surface area contributed by atoms with Gasteiger partial charge in [0.05, 0.1) is 12.0 Å². The van der Waals surface area contributed by atoms with Gasteiger partial charge in [-0.1, -0.05) is 12.5 Å². The second-order valence-corrected chi connectivity index (χ2v) is 9.44. The van der Waals surface area contributed by atoms with Crippen LogP contribution < -0.4 is 0 Å². The molecule has 4 saturated carbocycles. The van der Waals surface area contributed by atoms with Crippen LogP contribution in [0.25, 0.3) is 0 Å². The predicted octanol–water partition coefficient (Wildman–Crippen LogP) is 3.34. The predicted molar refractivity (Wildman–Crippen MR) is 89.5 cm³/mol. The molecule has 5 aliphatic rings. The number of ketones is 1. The standard InChI is InChI=1S/C21H27NO2/c1-21-5-4-14-13-3-2-12(24)7-15(13)11(10-23)6-17(14)20(21)18-8-16(18)19(21)9-22/h7,11,13-14,16-20,23H,2-6,8,10H2,1H3/t11?,13?,14-,16?,17?,18?,19?,20?,21?/m1/s1. The molecule has 0 amide bonds. The van der Waals surface area contributed by atoms with Crippen molar-refractivity contribution in [1.82, 2.24) is 0 Å². The third kappa shape index (κ3) is 1.79. The van der Waals surface area contributed by atoms with Gasteiger partial charge in [0.1, 0.15) is 0 Å². The van der Waals surface area contributed by atoms with Gasteiger partial charge in [-0.25, -0.2) is 0 Å². The summed E-state index contributed by atoms with van der Waals surface area (Å²) in [6.07, 6.45) is 8.25. The molecular formula is C21H27NO2. The molecule has 0 saturated heterocycles. The van der Waals surface area contributed by atoms with Crippen molar-refractivity contribution in [3.05, 3.63) is 11.6 Å². The molecule has 0 bridgehead atoms. The summed E-state index contributed by atoms with van der Waals surface area (Å²) in [4.78, 5) is 11.9. The van der Waals surface area contributed by atoms with Gasteiger partial charge >= 0.3 is 0 Å². The van der Waals surface area contributed by atoms with E-state index in [0.717, 1.165) is 18.8 Å². The van der Waals surface area contributed by atoms with Crippen LogP contribution in [0.2, 0.25) is 0 Å². The van der Waals surface area contributed by atoms with Crippen LogP contribution in [0.4, 0.5) is 0 Å². The molecule has 1 N–H and O–H groups in total. The molecule has 3 heteroatoms. The van der Waals surface area contributed by atoms with Crippen LogP contribution in [0, 0.1) is 64.1 Å². The maximum absolute atomic E-state index is 11.9. The summed E-state index contributed by atoms with van der Waals surface area (Å²) in [6.45, 7) is 2.57. The molecule has 5 rings (SSSR count). The van der Waals surface area contributed by atoms with Crippen LogP contribution in [0.15, 0.2) is 11.6 Å². The molecule has 128 valence electrons. The van der Waals surface area contributed by atoms with Gasteiger partial charge in [-0.15, -0.1) is 0 Å². The lowest BCUT2D eigenvalue weighted by molar-refractivity contribution is -0.116. The number of carbonyl (C=O) groups is 1. The number of carbonyl (C=O) groups excluding carboxylic acids is 1. The Balaban J connectivity index is 1.53. The summed E-state index contributed by atoms with van der Waals surface area (Å²) in [5.74, 6) is 4.65. The molecule has 0 aliphatic heterocycles. The van der Waals surface area contributed by atoms with Crippen molar-refractivity contribution in [3.63, 3.8) is 0 Å². The van der Waals surface area contributed by atoms with Gasteiger partial charge < -0.3 is 5.11 Å². The average Bonchev–Trinajstić information content (AvgIpc) is 3.28.